The molecule has 22 heavy (non-hydrogen) atoms. The van der Waals surface area contributed by atoms with Crippen molar-refractivity contribution in [2.75, 3.05) is 0 Å². The zero-order chi connectivity index (χ0) is 14.4. The Balaban J connectivity index is 0.00000144. The van der Waals surface area contributed by atoms with Gasteiger partial charge in [0, 0.05) is 18.0 Å². The molecule has 0 radical (unpaired) electrons. The fraction of sp³-hybridized carbons (Fsp3) is 0.944. The predicted molar refractivity (Wildman–Crippen MR) is 90.8 cm³/mol. The van der Waals surface area contributed by atoms with Crippen molar-refractivity contribution in [3.63, 3.8) is 0 Å². The minimum absolute atomic E-state index is 0. The van der Waals surface area contributed by atoms with E-state index < -0.39 is 0 Å². The Kier molecular flexibility index (Phi) is 4.76. The Bertz CT molecular complexity index is 407. The molecule has 4 aliphatic rings. The van der Waals surface area contributed by atoms with Crippen molar-refractivity contribution < 1.29 is 4.79 Å². The average Bonchev–Trinajstić information content (AvgIpc) is 3.10. The molecule has 3 nitrogen and oxygen atoms in total. The molecule has 1 amide bonds. The van der Waals surface area contributed by atoms with Crippen LogP contribution < -0.4 is 11.1 Å². The first-order valence-electron chi connectivity index (χ1n) is 9.24. The fourth-order valence-corrected chi connectivity index (χ4v) is 5.65. The highest BCUT2D eigenvalue weighted by atomic mass is 35.5. The van der Waals surface area contributed by atoms with Crippen LogP contribution >= 0.6 is 12.4 Å². The van der Waals surface area contributed by atoms with E-state index >= 15 is 0 Å². The number of amides is 1. The summed E-state index contributed by atoms with van der Waals surface area (Å²) >= 11 is 0. The summed E-state index contributed by atoms with van der Waals surface area (Å²) in [4.78, 5) is 12.7. The Labute approximate surface area is 140 Å². The first-order valence-corrected chi connectivity index (χ1v) is 9.24. The van der Waals surface area contributed by atoms with Crippen LogP contribution in [0.1, 0.15) is 70.6 Å². The molecule has 3 atom stereocenters. The number of hydrogen-bond acceptors (Lipinski definition) is 2. The van der Waals surface area contributed by atoms with Gasteiger partial charge < -0.3 is 11.1 Å². The van der Waals surface area contributed by atoms with Crippen molar-refractivity contribution in [2.24, 2.45) is 28.9 Å². The van der Waals surface area contributed by atoms with Crippen molar-refractivity contribution in [3.05, 3.63) is 0 Å². The maximum absolute atomic E-state index is 12.7. The second-order valence-corrected chi connectivity index (χ2v) is 8.39. The molecule has 4 aliphatic carbocycles. The van der Waals surface area contributed by atoms with Crippen molar-refractivity contribution >= 4 is 18.3 Å². The summed E-state index contributed by atoms with van der Waals surface area (Å²) in [5.41, 5.74) is 6.85. The van der Waals surface area contributed by atoms with Gasteiger partial charge in [-0.2, -0.15) is 0 Å². The molecule has 0 aliphatic heterocycles. The van der Waals surface area contributed by atoms with E-state index in [0.29, 0.717) is 35.2 Å². The van der Waals surface area contributed by atoms with Gasteiger partial charge in [0.2, 0.25) is 5.91 Å². The van der Waals surface area contributed by atoms with Gasteiger partial charge in [0.15, 0.2) is 0 Å². The maximum atomic E-state index is 12.7. The van der Waals surface area contributed by atoms with Gasteiger partial charge in [-0.1, -0.05) is 25.7 Å². The zero-order valence-corrected chi connectivity index (χ0v) is 14.4. The van der Waals surface area contributed by atoms with E-state index in [2.05, 4.69) is 5.32 Å². The standard InChI is InChI=1S/C18H30N2O.ClH/c19-16-12-5-4-6-13(16)10-14(9-12)17(21)20-15-11-18(15)7-2-1-3-8-18;/h12-16H,1-11,19H2,(H,20,21);1H. The lowest BCUT2D eigenvalue weighted by Crippen LogP contribution is -2.49. The molecule has 2 bridgehead atoms. The van der Waals surface area contributed by atoms with E-state index in [9.17, 15) is 4.79 Å². The van der Waals surface area contributed by atoms with Gasteiger partial charge in [0.1, 0.15) is 0 Å². The van der Waals surface area contributed by atoms with Gasteiger partial charge >= 0.3 is 0 Å². The van der Waals surface area contributed by atoms with Crippen molar-refractivity contribution in [3.8, 4) is 0 Å². The molecule has 1 spiro atoms. The van der Waals surface area contributed by atoms with Crippen LogP contribution in [0.3, 0.4) is 0 Å². The number of carbonyl (C=O) groups excluding carboxylic acids is 1. The summed E-state index contributed by atoms with van der Waals surface area (Å²) in [6.45, 7) is 0. The highest BCUT2D eigenvalue weighted by Crippen LogP contribution is 2.56. The number of nitrogens with two attached hydrogens (primary N) is 1. The molecule has 126 valence electrons. The molecule has 4 heteroatoms. The Morgan fingerprint density at radius 2 is 1.64 bits per heavy atom. The molecular weight excluding hydrogens is 296 g/mol. The Morgan fingerprint density at radius 1 is 1.00 bits per heavy atom. The number of hydrogen-bond donors (Lipinski definition) is 2. The van der Waals surface area contributed by atoms with E-state index in [4.69, 9.17) is 5.73 Å². The van der Waals surface area contributed by atoms with Gasteiger partial charge in [0.05, 0.1) is 0 Å². The lowest BCUT2D eigenvalue weighted by Gasteiger charge is -2.43. The number of nitrogens with one attached hydrogen (secondary N) is 1. The third-order valence-electron chi connectivity index (χ3n) is 7.14. The molecule has 3 unspecified atom stereocenters. The van der Waals surface area contributed by atoms with Gasteiger partial charge in [0.25, 0.3) is 0 Å². The summed E-state index contributed by atoms with van der Waals surface area (Å²) in [6, 6.07) is 0.870. The number of fused-ring (bicyclic) bond motifs is 2. The predicted octanol–water partition coefficient (Wildman–Crippen LogP) is 3.40. The molecule has 0 saturated heterocycles. The van der Waals surface area contributed by atoms with E-state index in [1.807, 2.05) is 0 Å². The van der Waals surface area contributed by atoms with Crippen LogP contribution in [0.4, 0.5) is 0 Å². The van der Waals surface area contributed by atoms with Gasteiger partial charge in [-0.3, -0.25) is 4.79 Å². The van der Waals surface area contributed by atoms with Crippen LogP contribution in [0.5, 0.6) is 0 Å². The van der Waals surface area contributed by atoms with Crippen LogP contribution in [0.25, 0.3) is 0 Å². The maximum Gasteiger partial charge on any atom is 0.223 e. The topological polar surface area (TPSA) is 55.1 Å². The second-order valence-electron chi connectivity index (χ2n) is 8.39. The summed E-state index contributed by atoms with van der Waals surface area (Å²) in [5, 5.41) is 3.41. The average molecular weight is 327 g/mol. The van der Waals surface area contributed by atoms with Gasteiger partial charge in [-0.25, -0.2) is 0 Å². The van der Waals surface area contributed by atoms with E-state index in [0.717, 1.165) is 12.8 Å². The van der Waals surface area contributed by atoms with Crippen molar-refractivity contribution in [1.82, 2.24) is 5.32 Å². The first kappa shape index (κ1) is 16.6. The molecule has 0 aromatic carbocycles. The van der Waals surface area contributed by atoms with Gasteiger partial charge in [-0.15, -0.1) is 12.4 Å². The summed E-state index contributed by atoms with van der Waals surface area (Å²) in [5.74, 6) is 1.82. The third-order valence-corrected chi connectivity index (χ3v) is 7.14. The zero-order valence-electron chi connectivity index (χ0n) is 13.6. The largest absolute Gasteiger partial charge is 0.353 e. The number of rotatable bonds is 2. The molecule has 4 fully saturated rings. The minimum Gasteiger partial charge on any atom is -0.353 e. The molecule has 3 N–H and O–H groups in total. The monoisotopic (exact) mass is 326 g/mol. The lowest BCUT2D eigenvalue weighted by molar-refractivity contribution is -0.128. The highest BCUT2D eigenvalue weighted by molar-refractivity contribution is 5.85. The molecule has 0 heterocycles. The fourth-order valence-electron chi connectivity index (χ4n) is 5.65. The minimum atomic E-state index is 0. The van der Waals surface area contributed by atoms with Crippen LogP contribution in [0.2, 0.25) is 0 Å². The molecule has 0 aromatic heterocycles. The quantitative estimate of drug-likeness (QED) is 0.817. The van der Waals surface area contributed by atoms with Crippen LogP contribution in [0, 0.1) is 23.2 Å². The summed E-state index contributed by atoms with van der Waals surface area (Å²) in [7, 11) is 0. The summed E-state index contributed by atoms with van der Waals surface area (Å²) < 4.78 is 0. The van der Waals surface area contributed by atoms with Crippen molar-refractivity contribution in [1.29, 1.82) is 0 Å². The number of carbonyl (C=O) groups is 1. The molecule has 4 saturated carbocycles. The highest BCUT2D eigenvalue weighted by Gasteiger charge is 2.55. The number of halogens is 1. The summed E-state index contributed by atoms with van der Waals surface area (Å²) in [6.07, 6.45) is 14.0. The third kappa shape index (κ3) is 2.91. The van der Waals surface area contributed by atoms with Crippen molar-refractivity contribution in [2.45, 2.75) is 82.7 Å². The Morgan fingerprint density at radius 3 is 2.27 bits per heavy atom. The molecule has 4 rings (SSSR count). The Hall–Kier alpha value is -0.280. The van der Waals surface area contributed by atoms with Crippen LogP contribution in [-0.2, 0) is 4.79 Å². The normalized spacial score (nSPS) is 42.3. The van der Waals surface area contributed by atoms with E-state index in [1.54, 1.807) is 0 Å². The van der Waals surface area contributed by atoms with Crippen LogP contribution in [-0.4, -0.2) is 18.0 Å². The molecule has 0 aromatic rings. The second kappa shape index (κ2) is 6.32. The van der Waals surface area contributed by atoms with E-state index in [1.165, 1.54) is 57.8 Å². The lowest BCUT2D eigenvalue weighted by atomic mass is 9.65. The van der Waals surface area contributed by atoms with Gasteiger partial charge in [-0.05, 0) is 62.2 Å². The smallest absolute Gasteiger partial charge is 0.223 e. The SMILES string of the molecule is Cl.NC1C2CCCC1CC(C(=O)NC1CC13CCCCC3)C2. The first-order chi connectivity index (χ1) is 10.2. The molecular formula is C18H31ClN2O. The van der Waals surface area contributed by atoms with Crippen LogP contribution in [0.15, 0.2) is 0 Å². The van der Waals surface area contributed by atoms with E-state index in [-0.39, 0.29) is 18.3 Å².